The first-order valence-electron chi connectivity index (χ1n) is 10.1. The highest BCUT2D eigenvalue weighted by Crippen LogP contribution is 2.33. The van der Waals surface area contributed by atoms with Gasteiger partial charge in [0.25, 0.3) is 5.56 Å². The molecule has 2 aromatic heterocycles. The van der Waals surface area contributed by atoms with E-state index >= 15 is 0 Å². The van der Waals surface area contributed by atoms with Crippen molar-refractivity contribution in [3.05, 3.63) is 58.9 Å². The van der Waals surface area contributed by atoms with Crippen molar-refractivity contribution in [1.82, 2.24) is 9.13 Å². The third-order valence-electron chi connectivity index (χ3n) is 5.35. The molecule has 0 aliphatic rings. The lowest BCUT2D eigenvalue weighted by Gasteiger charge is -2.23. The van der Waals surface area contributed by atoms with Crippen molar-refractivity contribution in [3.63, 3.8) is 0 Å². The van der Waals surface area contributed by atoms with E-state index in [0.717, 1.165) is 2.88 Å². The number of aryl methyl sites for hydroxylation is 1. The maximum absolute atomic E-state index is 14.1. The van der Waals surface area contributed by atoms with Crippen LogP contribution in [0.1, 0.15) is 36.6 Å². The van der Waals surface area contributed by atoms with Gasteiger partial charge in [-0.1, -0.05) is 0 Å². The summed E-state index contributed by atoms with van der Waals surface area (Å²) in [5.41, 5.74) is -0.564. The highest BCUT2D eigenvalue weighted by Gasteiger charge is 2.27. The normalized spacial score (nSPS) is 12.9. The van der Waals surface area contributed by atoms with Crippen molar-refractivity contribution in [2.75, 3.05) is 13.7 Å². The van der Waals surface area contributed by atoms with E-state index in [0.29, 0.717) is 26.3 Å². The molecule has 0 spiro atoms. The predicted octanol–water partition coefficient (Wildman–Crippen LogP) is 3.60. The van der Waals surface area contributed by atoms with Crippen LogP contribution >= 0.6 is 33.9 Å². The first-order valence-corrected chi connectivity index (χ1v) is 12.0. The number of carbonyl (C=O) groups is 1. The Kier molecular flexibility index (Phi) is 8.11. The van der Waals surface area contributed by atoms with Crippen molar-refractivity contribution in [2.45, 2.75) is 39.0 Å². The van der Waals surface area contributed by atoms with Gasteiger partial charge in [-0.25, -0.2) is 18.5 Å². The smallest absolute Gasteiger partial charge is 0.333 e. The van der Waals surface area contributed by atoms with Gasteiger partial charge in [0.1, 0.15) is 28.5 Å². The molecular formula is C22H21FIN3O6S. The van der Waals surface area contributed by atoms with E-state index in [-0.39, 0.29) is 25.0 Å². The van der Waals surface area contributed by atoms with Crippen LogP contribution in [-0.4, -0.2) is 33.9 Å². The van der Waals surface area contributed by atoms with Gasteiger partial charge in [-0.3, -0.25) is 9.36 Å². The third kappa shape index (κ3) is 4.86. The fraction of sp³-hybridized carbons (Fsp3) is 0.364. The monoisotopic (exact) mass is 601 g/mol. The Balaban J connectivity index is 2.28. The summed E-state index contributed by atoms with van der Waals surface area (Å²) in [6, 6.07) is 4.42. The van der Waals surface area contributed by atoms with Gasteiger partial charge in [-0.15, -0.1) is 11.3 Å². The summed E-state index contributed by atoms with van der Waals surface area (Å²) >= 11 is 3.27. The third-order valence-corrected chi connectivity index (χ3v) is 7.92. The number of methoxy groups -OCH3 is 1. The average molecular weight is 601 g/mol. The van der Waals surface area contributed by atoms with Crippen LogP contribution in [0.15, 0.2) is 27.8 Å². The van der Waals surface area contributed by atoms with Crippen LogP contribution in [-0.2, 0) is 16.1 Å². The van der Waals surface area contributed by atoms with E-state index in [1.165, 1.54) is 48.1 Å². The van der Waals surface area contributed by atoms with E-state index < -0.39 is 35.2 Å². The average Bonchev–Trinajstić information content (AvgIpc) is 3.09. The molecule has 1 N–H and O–H groups in total. The maximum atomic E-state index is 14.1. The topological polar surface area (TPSA) is 124 Å². The van der Waals surface area contributed by atoms with E-state index in [2.05, 4.69) is 22.6 Å². The Morgan fingerprint density at radius 1 is 1.38 bits per heavy atom. The molecule has 180 valence electrons. The second kappa shape index (κ2) is 10.7. The molecule has 1 aromatic carbocycles. The molecule has 2 atom stereocenters. The minimum absolute atomic E-state index is 0.00486. The quantitative estimate of drug-likeness (QED) is 0.294. The first-order chi connectivity index (χ1) is 16.1. The number of rotatable bonds is 9. The first kappa shape index (κ1) is 25.9. The molecule has 3 aromatic rings. The Labute approximate surface area is 211 Å². The number of aromatic nitrogens is 2. The molecule has 0 aliphatic carbocycles. The molecule has 3 rings (SSSR count). The van der Waals surface area contributed by atoms with Gasteiger partial charge >= 0.3 is 11.7 Å². The van der Waals surface area contributed by atoms with Gasteiger partial charge in [0.2, 0.25) is 0 Å². The highest BCUT2D eigenvalue weighted by molar-refractivity contribution is 14.1. The van der Waals surface area contributed by atoms with Gasteiger partial charge in [0.05, 0.1) is 41.0 Å². The fourth-order valence-electron chi connectivity index (χ4n) is 3.56. The second-order valence-corrected chi connectivity index (χ2v) is 10.2. The number of carboxylic acids is 1. The van der Waals surface area contributed by atoms with Crippen molar-refractivity contribution < 1.29 is 23.8 Å². The minimum Gasteiger partial charge on any atom is -0.496 e. The minimum atomic E-state index is -1.41. The molecule has 0 saturated heterocycles. The van der Waals surface area contributed by atoms with Crippen LogP contribution in [0.25, 0.3) is 10.2 Å². The molecule has 2 heterocycles. The second-order valence-electron chi connectivity index (χ2n) is 7.42. The summed E-state index contributed by atoms with van der Waals surface area (Å²) in [5.74, 6) is -1.56. The van der Waals surface area contributed by atoms with Gasteiger partial charge in [-0.05, 0) is 60.2 Å². The van der Waals surface area contributed by atoms with Crippen molar-refractivity contribution in [1.29, 1.82) is 5.26 Å². The zero-order valence-corrected chi connectivity index (χ0v) is 21.5. The van der Waals surface area contributed by atoms with Crippen LogP contribution in [0.2, 0.25) is 0 Å². The van der Waals surface area contributed by atoms with Crippen molar-refractivity contribution >= 4 is 50.1 Å². The Hall–Kier alpha value is -2.76. The van der Waals surface area contributed by atoms with Crippen LogP contribution < -0.4 is 16.0 Å². The number of nitriles is 1. The summed E-state index contributed by atoms with van der Waals surface area (Å²) in [5, 5.41) is 18.7. The molecule has 2 unspecified atom stereocenters. The number of benzene rings is 1. The largest absolute Gasteiger partial charge is 0.496 e. The lowest BCUT2D eigenvalue weighted by atomic mass is 10.1. The van der Waals surface area contributed by atoms with Crippen molar-refractivity contribution in [2.24, 2.45) is 0 Å². The van der Waals surface area contributed by atoms with E-state index in [1.54, 1.807) is 6.92 Å². The van der Waals surface area contributed by atoms with Crippen LogP contribution in [0.3, 0.4) is 0 Å². The number of halogens is 2. The summed E-state index contributed by atoms with van der Waals surface area (Å²) in [6.07, 6.45) is -0.865. The number of thiophene rings is 1. The molecular weight excluding hydrogens is 580 g/mol. The number of aliphatic carboxylic acids is 1. The zero-order chi connectivity index (χ0) is 25.2. The predicted molar refractivity (Wildman–Crippen MR) is 132 cm³/mol. The molecule has 12 heteroatoms. The van der Waals surface area contributed by atoms with Gasteiger partial charge in [-0.2, -0.15) is 5.26 Å². The molecule has 0 fully saturated rings. The lowest BCUT2D eigenvalue weighted by molar-refractivity contribution is -0.140. The molecule has 0 aliphatic heterocycles. The Bertz CT molecular complexity index is 1410. The summed E-state index contributed by atoms with van der Waals surface area (Å²) in [6.45, 7) is 2.82. The number of hydrogen-bond acceptors (Lipinski definition) is 7. The fourth-order valence-corrected chi connectivity index (χ4v) is 5.49. The number of nitrogens with zero attached hydrogens (tertiary/aromatic N) is 3. The molecule has 0 saturated carbocycles. The van der Waals surface area contributed by atoms with Crippen LogP contribution in [0, 0.1) is 27.0 Å². The SMILES string of the molecule is COc1ccc(F)cc1C(Cn1c(=O)n(C(C)C(=O)O)c(=O)c2c(C)c(I)sc21)OCCC#N. The van der Waals surface area contributed by atoms with Crippen molar-refractivity contribution in [3.8, 4) is 11.8 Å². The molecule has 0 bridgehead atoms. The molecule has 0 amide bonds. The van der Waals surface area contributed by atoms with Gasteiger partial charge in [0, 0.05) is 5.56 Å². The van der Waals surface area contributed by atoms with E-state index in [9.17, 15) is 23.9 Å². The lowest BCUT2D eigenvalue weighted by Crippen LogP contribution is -2.44. The van der Waals surface area contributed by atoms with Crippen LogP contribution in [0.5, 0.6) is 5.75 Å². The Morgan fingerprint density at radius 3 is 2.71 bits per heavy atom. The molecule has 9 nitrogen and oxygen atoms in total. The maximum Gasteiger partial charge on any atom is 0.333 e. The van der Waals surface area contributed by atoms with Crippen LogP contribution in [0.4, 0.5) is 4.39 Å². The van der Waals surface area contributed by atoms with E-state index in [4.69, 9.17) is 14.7 Å². The van der Waals surface area contributed by atoms with Gasteiger partial charge in [0.15, 0.2) is 0 Å². The number of fused-ring (bicyclic) bond motifs is 1. The standard InChI is InChI=1S/C22H21FIN3O6S/c1-11-17-19(28)27(12(2)21(29)30)22(31)26(20(17)34-18(11)24)10-16(33-8-4-7-25)14-9-13(23)5-6-15(14)32-3/h5-6,9,12,16H,4,8,10H2,1-3H3,(H,29,30). The summed E-state index contributed by atoms with van der Waals surface area (Å²) in [4.78, 5) is 38.6. The van der Waals surface area contributed by atoms with E-state index in [1.807, 2.05) is 6.07 Å². The molecule has 0 radical (unpaired) electrons. The summed E-state index contributed by atoms with van der Waals surface area (Å²) in [7, 11) is 1.41. The number of carboxylic acid groups (broad SMARTS) is 1. The zero-order valence-electron chi connectivity index (χ0n) is 18.5. The van der Waals surface area contributed by atoms with Gasteiger partial charge < -0.3 is 14.6 Å². The highest BCUT2D eigenvalue weighted by atomic mass is 127. The summed E-state index contributed by atoms with van der Waals surface area (Å²) < 4.78 is 28.1. The molecule has 34 heavy (non-hydrogen) atoms. The Morgan fingerprint density at radius 2 is 2.09 bits per heavy atom. The number of ether oxygens (including phenoxy) is 2. The number of hydrogen-bond donors (Lipinski definition) is 1.